The van der Waals surface area contributed by atoms with Gasteiger partial charge in [0.15, 0.2) is 5.11 Å². The van der Waals surface area contributed by atoms with E-state index in [1.807, 2.05) is 6.92 Å². The Morgan fingerprint density at radius 2 is 1.58 bits per heavy atom. The molecular formula is C14H12F2N2S. The molecule has 98 valence electrons. The summed E-state index contributed by atoms with van der Waals surface area (Å²) in [7, 11) is 0. The zero-order valence-corrected chi connectivity index (χ0v) is 11.0. The molecular weight excluding hydrogens is 266 g/mol. The molecule has 0 bridgehead atoms. The molecule has 0 saturated carbocycles. The van der Waals surface area contributed by atoms with Crippen LogP contribution >= 0.6 is 12.2 Å². The minimum atomic E-state index is -0.420. The van der Waals surface area contributed by atoms with E-state index < -0.39 is 11.6 Å². The summed E-state index contributed by atoms with van der Waals surface area (Å²) in [5.74, 6) is -0.834. The molecule has 0 fully saturated rings. The quantitative estimate of drug-likeness (QED) is 0.809. The van der Waals surface area contributed by atoms with E-state index in [1.165, 1.54) is 12.1 Å². The Morgan fingerprint density at radius 1 is 0.947 bits per heavy atom. The number of nitrogens with one attached hydrogen (secondary N) is 2. The first-order chi connectivity index (χ1) is 9.06. The molecule has 5 heteroatoms. The highest BCUT2D eigenvalue weighted by Gasteiger charge is 2.06. The van der Waals surface area contributed by atoms with Gasteiger partial charge in [0.25, 0.3) is 0 Å². The Balaban J connectivity index is 2.10. The molecule has 0 aliphatic carbocycles. The number of halogens is 2. The van der Waals surface area contributed by atoms with E-state index in [1.54, 1.807) is 30.3 Å². The van der Waals surface area contributed by atoms with Crippen molar-refractivity contribution >= 4 is 28.7 Å². The molecule has 2 aromatic rings. The van der Waals surface area contributed by atoms with Crippen LogP contribution < -0.4 is 10.6 Å². The van der Waals surface area contributed by atoms with Gasteiger partial charge in [-0.25, -0.2) is 8.78 Å². The number of hydrogen-bond acceptors (Lipinski definition) is 1. The van der Waals surface area contributed by atoms with E-state index in [0.29, 0.717) is 0 Å². The van der Waals surface area contributed by atoms with Crippen LogP contribution in [0.15, 0.2) is 42.5 Å². The summed E-state index contributed by atoms with van der Waals surface area (Å²) in [6.45, 7) is 1.85. The van der Waals surface area contributed by atoms with E-state index in [-0.39, 0.29) is 16.5 Å². The molecule has 0 aliphatic heterocycles. The maximum Gasteiger partial charge on any atom is 0.175 e. The summed E-state index contributed by atoms with van der Waals surface area (Å²) in [5, 5.41) is 5.52. The molecule has 0 spiro atoms. The average Bonchev–Trinajstić information content (AvgIpc) is 2.37. The van der Waals surface area contributed by atoms with Gasteiger partial charge in [-0.3, -0.25) is 0 Å². The second-order valence-corrected chi connectivity index (χ2v) is 4.45. The van der Waals surface area contributed by atoms with E-state index in [0.717, 1.165) is 5.56 Å². The van der Waals surface area contributed by atoms with E-state index in [4.69, 9.17) is 12.2 Å². The molecule has 0 heterocycles. The lowest BCUT2D eigenvalue weighted by Crippen LogP contribution is -2.20. The Morgan fingerprint density at radius 3 is 2.32 bits per heavy atom. The van der Waals surface area contributed by atoms with Gasteiger partial charge in [-0.1, -0.05) is 18.2 Å². The number of benzene rings is 2. The Bertz CT molecular complexity index is 614. The monoisotopic (exact) mass is 278 g/mol. The molecule has 2 aromatic carbocycles. The minimum Gasteiger partial charge on any atom is -0.330 e. The van der Waals surface area contributed by atoms with Gasteiger partial charge in [0.05, 0.1) is 11.4 Å². The third kappa shape index (κ3) is 3.48. The van der Waals surface area contributed by atoms with Gasteiger partial charge in [0.1, 0.15) is 11.6 Å². The smallest absolute Gasteiger partial charge is 0.175 e. The van der Waals surface area contributed by atoms with Crippen LogP contribution in [0.25, 0.3) is 0 Å². The third-order valence-electron chi connectivity index (χ3n) is 2.49. The zero-order valence-electron chi connectivity index (χ0n) is 10.2. The lowest BCUT2D eigenvalue weighted by atomic mass is 10.2. The van der Waals surface area contributed by atoms with Gasteiger partial charge in [0, 0.05) is 0 Å². The summed E-state index contributed by atoms with van der Waals surface area (Å²) in [4.78, 5) is 0. The number of thiocarbonyl (C=S) groups is 1. The Hall–Kier alpha value is -2.01. The van der Waals surface area contributed by atoms with Gasteiger partial charge >= 0.3 is 0 Å². The summed E-state index contributed by atoms with van der Waals surface area (Å²) in [5.41, 5.74) is 1.40. The molecule has 0 atom stereocenters. The van der Waals surface area contributed by atoms with Crippen molar-refractivity contribution in [3.8, 4) is 0 Å². The molecule has 2 nitrogen and oxygen atoms in total. The maximum absolute atomic E-state index is 13.5. The standard InChI is InChI=1S/C14H12F2N2S/c1-9-6-7-11(16)13(8-9)18-14(19)17-12-5-3-2-4-10(12)15/h2-8H,1H3,(H2,17,18,19). The van der Waals surface area contributed by atoms with Crippen LogP contribution in [0.4, 0.5) is 20.2 Å². The zero-order chi connectivity index (χ0) is 13.8. The van der Waals surface area contributed by atoms with Crippen LogP contribution in [-0.2, 0) is 0 Å². The fraction of sp³-hybridized carbons (Fsp3) is 0.0714. The predicted octanol–water partition coefficient (Wildman–Crippen LogP) is 4.08. The summed E-state index contributed by atoms with van der Waals surface area (Å²) < 4.78 is 26.9. The van der Waals surface area contributed by atoms with E-state index in [9.17, 15) is 8.78 Å². The van der Waals surface area contributed by atoms with Crippen LogP contribution in [0, 0.1) is 18.6 Å². The first-order valence-electron chi connectivity index (χ1n) is 5.65. The van der Waals surface area contributed by atoms with Crippen molar-refractivity contribution in [3.63, 3.8) is 0 Å². The summed E-state index contributed by atoms with van der Waals surface area (Å²) in [6, 6.07) is 10.8. The van der Waals surface area contributed by atoms with Crippen molar-refractivity contribution in [1.29, 1.82) is 0 Å². The Labute approximate surface area is 115 Å². The second-order valence-electron chi connectivity index (χ2n) is 4.04. The number of aryl methyl sites for hydroxylation is 1. The van der Waals surface area contributed by atoms with Crippen LogP contribution in [0.1, 0.15) is 5.56 Å². The first-order valence-corrected chi connectivity index (χ1v) is 6.06. The molecule has 0 unspecified atom stereocenters. The van der Waals surface area contributed by atoms with Crippen LogP contribution in [0.3, 0.4) is 0 Å². The topological polar surface area (TPSA) is 24.1 Å². The average molecular weight is 278 g/mol. The molecule has 0 radical (unpaired) electrons. The highest BCUT2D eigenvalue weighted by Crippen LogP contribution is 2.17. The summed E-state index contributed by atoms with van der Waals surface area (Å²) in [6.07, 6.45) is 0. The fourth-order valence-corrected chi connectivity index (χ4v) is 1.79. The van der Waals surface area contributed by atoms with Crippen molar-refractivity contribution < 1.29 is 8.78 Å². The van der Waals surface area contributed by atoms with Gasteiger partial charge in [-0.05, 0) is 49.0 Å². The lowest BCUT2D eigenvalue weighted by molar-refractivity contribution is 0.631. The predicted molar refractivity (Wildman–Crippen MR) is 77.4 cm³/mol. The largest absolute Gasteiger partial charge is 0.330 e. The van der Waals surface area contributed by atoms with Crippen LogP contribution in [0.2, 0.25) is 0 Å². The van der Waals surface area contributed by atoms with Crippen LogP contribution in [-0.4, -0.2) is 5.11 Å². The number of rotatable bonds is 2. The number of para-hydroxylation sites is 1. The molecule has 2 rings (SSSR count). The van der Waals surface area contributed by atoms with Crippen molar-refractivity contribution in [2.45, 2.75) is 6.92 Å². The Kier molecular flexibility index (Phi) is 4.06. The lowest BCUT2D eigenvalue weighted by Gasteiger charge is -2.12. The second kappa shape index (κ2) is 5.75. The fourth-order valence-electron chi connectivity index (χ4n) is 1.57. The summed E-state index contributed by atoms with van der Waals surface area (Å²) >= 11 is 5.03. The molecule has 2 N–H and O–H groups in total. The van der Waals surface area contributed by atoms with Gasteiger partial charge in [-0.15, -0.1) is 0 Å². The normalized spacial score (nSPS) is 10.1. The highest BCUT2D eigenvalue weighted by molar-refractivity contribution is 7.80. The third-order valence-corrected chi connectivity index (χ3v) is 2.70. The molecule has 19 heavy (non-hydrogen) atoms. The molecule has 0 aliphatic rings. The van der Waals surface area contributed by atoms with E-state index >= 15 is 0 Å². The van der Waals surface area contributed by atoms with Crippen LogP contribution in [0.5, 0.6) is 0 Å². The van der Waals surface area contributed by atoms with Gasteiger partial charge < -0.3 is 10.6 Å². The van der Waals surface area contributed by atoms with Crippen molar-refractivity contribution in [2.24, 2.45) is 0 Å². The molecule has 0 saturated heterocycles. The molecule has 0 aromatic heterocycles. The SMILES string of the molecule is Cc1ccc(F)c(NC(=S)Nc2ccccc2F)c1. The van der Waals surface area contributed by atoms with Crippen molar-refractivity contribution in [2.75, 3.05) is 10.6 Å². The molecule has 0 amide bonds. The highest BCUT2D eigenvalue weighted by atomic mass is 32.1. The maximum atomic E-state index is 13.5. The van der Waals surface area contributed by atoms with Gasteiger partial charge in [-0.2, -0.15) is 0 Å². The first kappa shape index (κ1) is 13.4. The van der Waals surface area contributed by atoms with Crippen molar-refractivity contribution in [1.82, 2.24) is 0 Å². The number of hydrogen-bond donors (Lipinski definition) is 2. The van der Waals surface area contributed by atoms with Crippen molar-refractivity contribution in [3.05, 3.63) is 59.7 Å². The van der Waals surface area contributed by atoms with Gasteiger partial charge in [0.2, 0.25) is 0 Å². The van der Waals surface area contributed by atoms with E-state index in [2.05, 4.69) is 10.6 Å². The number of anilines is 2. The minimum absolute atomic E-state index is 0.134.